The van der Waals surface area contributed by atoms with Crippen LogP contribution in [0.5, 0.6) is 0 Å². The SMILES string of the molecule is CC(C)N(C(=O)Cn1cnc2c(cnn2-c2cccc(C(F)(F)F)c2)c1=O)C1CCCCC1. The van der Waals surface area contributed by atoms with Crippen molar-refractivity contribution in [1.29, 1.82) is 0 Å². The molecule has 4 rings (SSSR count). The van der Waals surface area contributed by atoms with E-state index in [1.165, 1.54) is 40.3 Å². The fraction of sp³-hybridized carbons (Fsp3) is 0.478. The van der Waals surface area contributed by atoms with Crippen molar-refractivity contribution in [3.05, 3.63) is 52.7 Å². The van der Waals surface area contributed by atoms with Crippen molar-refractivity contribution < 1.29 is 18.0 Å². The van der Waals surface area contributed by atoms with Crippen LogP contribution in [0.25, 0.3) is 16.7 Å². The molecule has 2 heterocycles. The van der Waals surface area contributed by atoms with Gasteiger partial charge in [-0.1, -0.05) is 25.3 Å². The summed E-state index contributed by atoms with van der Waals surface area (Å²) in [4.78, 5) is 32.2. The maximum atomic E-state index is 13.1. The zero-order valence-corrected chi connectivity index (χ0v) is 18.5. The van der Waals surface area contributed by atoms with Crippen molar-refractivity contribution in [3.63, 3.8) is 0 Å². The molecule has 1 aromatic carbocycles. The van der Waals surface area contributed by atoms with Crippen molar-refractivity contribution in [1.82, 2.24) is 24.2 Å². The fourth-order valence-electron chi connectivity index (χ4n) is 4.56. The molecule has 1 aliphatic rings. The van der Waals surface area contributed by atoms with E-state index in [0.717, 1.165) is 37.8 Å². The van der Waals surface area contributed by atoms with Crippen molar-refractivity contribution in [2.24, 2.45) is 0 Å². The van der Waals surface area contributed by atoms with Gasteiger partial charge in [0.25, 0.3) is 5.56 Å². The molecule has 0 atom stereocenters. The van der Waals surface area contributed by atoms with Gasteiger partial charge in [-0.3, -0.25) is 14.2 Å². The average molecular weight is 461 g/mol. The molecule has 3 aromatic rings. The van der Waals surface area contributed by atoms with Crippen LogP contribution in [0.15, 0.2) is 41.6 Å². The van der Waals surface area contributed by atoms with Gasteiger partial charge in [-0.2, -0.15) is 18.3 Å². The Hall–Kier alpha value is -3.17. The second kappa shape index (κ2) is 8.99. The predicted octanol–water partition coefficient (Wildman–Crippen LogP) is 4.17. The number of carbonyl (C=O) groups is 1. The first-order valence-electron chi connectivity index (χ1n) is 11.1. The summed E-state index contributed by atoms with van der Waals surface area (Å²) in [5.41, 5.74) is -1.00. The first-order valence-corrected chi connectivity index (χ1v) is 11.1. The molecule has 33 heavy (non-hydrogen) atoms. The van der Waals surface area contributed by atoms with Crippen molar-refractivity contribution >= 4 is 16.9 Å². The van der Waals surface area contributed by atoms with Crippen molar-refractivity contribution in [2.45, 2.75) is 70.8 Å². The van der Waals surface area contributed by atoms with Gasteiger partial charge in [-0.25, -0.2) is 9.67 Å². The molecule has 0 N–H and O–H groups in total. The van der Waals surface area contributed by atoms with Gasteiger partial charge in [-0.15, -0.1) is 0 Å². The van der Waals surface area contributed by atoms with Gasteiger partial charge in [0, 0.05) is 12.1 Å². The number of halogens is 3. The molecule has 1 saturated carbocycles. The third-order valence-corrected chi connectivity index (χ3v) is 6.09. The molecule has 0 radical (unpaired) electrons. The summed E-state index contributed by atoms with van der Waals surface area (Å²) >= 11 is 0. The number of hydrogen-bond acceptors (Lipinski definition) is 4. The van der Waals surface area contributed by atoms with Gasteiger partial charge < -0.3 is 4.90 Å². The van der Waals surface area contributed by atoms with E-state index < -0.39 is 17.3 Å². The van der Waals surface area contributed by atoms with Crippen LogP contribution in [-0.4, -0.2) is 42.2 Å². The Labute approximate surface area is 188 Å². The summed E-state index contributed by atoms with van der Waals surface area (Å²) in [6, 6.07) is 4.83. The Kier molecular flexibility index (Phi) is 6.27. The van der Waals surface area contributed by atoms with Crippen LogP contribution >= 0.6 is 0 Å². The second-order valence-electron chi connectivity index (χ2n) is 8.71. The van der Waals surface area contributed by atoms with Crippen molar-refractivity contribution in [3.8, 4) is 5.69 Å². The van der Waals surface area contributed by atoms with Gasteiger partial charge >= 0.3 is 6.18 Å². The Morgan fingerprint density at radius 3 is 2.61 bits per heavy atom. The van der Waals surface area contributed by atoms with Gasteiger partial charge in [0.05, 0.1) is 17.4 Å². The molecule has 1 aliphatic carbocycles. The third kappa shape index (κ3) is 4.65. The van der Waals surface area contributed by atoms with Crippen molar-refractivity contribution in [2.75, 3.05) is 0 Å². The molecule has 1 amide bonds. The Morgan fingerprint density at radius 1 is 1.21 bits per heavy atom. The first-order chi connectivity index (χ1) is 15.7. The van der Waals surface area contributed by atoms with E-state index in [-0.39, 0.29) is 41.3 Å². The summed E-state index contributed by atoms with van der Waals surface area (Å²) in [5.74, 6) is -0.148. The number of aromatic nitrogens is 4. The van der Waals surface area contributed by atoms with Crippen LogP contribution in [0.3, 0.4) is 0 Å². The smallest absolute Gasteiger partial charge is 0.336 e. The molecule has 7 nitrogen and oxygen atoms in total. The topological polar surface area (TPSA) is 73.0 Å². The van der Waals surface area contributed by atoms with E-state index in [0.29, 0.717) is 0 Å². The van der Waals surface area contributed by atoms with Gasteiger partial charge in [0.2, 0.25) is 5.91 Å². The van der Waals surface area contributed by atoms with E-state index in [1.807, 2.05) is 18.7 Å². The zero-order chi connectivity index (χ0) is 23.8. The summed E-state index contributed by atoms with van der Waals surface area (Å²) < 4.78 is 41.7. The largest absolute Gasteiger partial charge is 0.416 e. The van der Waals surface area contributed by atoms with E-state index in [9.17, 15) is 22.8 Å². The molecular formula is C23H26F3N5O2. The Morgan fingerprint density at radius 2 is 1.94 bits per heavy atom. The van der Waals surface area contributed by atoms with E-state index in [4.69, 9.17) is 0 Å². The Balaban J connectivity index is 1.63. The van der Waals surface area contributed by atoms with Crippen LogP contribution in [0, 0.1) is 0 Å². The highest BCUT2D eigenvalue weighted by molar-refractivity contribution is 5.78. The summed E-state index contributed by atoms with van der Waals surface area (Å²) in [6.07, 6.45) is 3.29. The van der Waals surface area contributed by atoms with Crippen LogP contribution in [0.1, 0.15) is 51.5 Å². The third-order valence-electron chi connectivity index (χ3n) is 6.09. The summed E-state index contributed by atoms with van der Waals surface area (Å²) in [5, 5.41) is 4.22. The predicted molar refractivity (Wildman–Crippen MR) is 117 cm³/mol. The lowest BCUT2D eigenvalue weighted by Gasteiger charge is -2.37. The minimum Gasteiger partial charge on any atom is -0.336 e. The molecule has 0 bridgehead atoms. The van der Waals surface area contributed by atoms with Crippen LogP contribution in [0.4, 0.5) is 13.2 Å². The highest BCUT2D eigenvalue weighted by Crippen LogP contribution is 2.30. The molecule has 1 fully saturated rings. The minimum absolute atomic E-state index is 0.0108. The fourth-order valence-corrected chi connectivity index (χ4v) is 4.56. The zero-order valence-electron chi connectivity index (χ0n) is 18.5. The van der Waals surface area contributed by atoms with E-state index >= 15 is 0 Å². The number of nitrogens with zero attached hydrogens (tertiary/aromatic N) is 5. The number of hydrogen-bond donors (Lipinski definition) is 0. The first kappa shape index (κ1) is 23.0. The highest BCUT2D eigenvalue weighted by Gasteiger charge is 2.31. The molecule has 0 spiro atoms. The molecule has 10 heteroatoms. The molecule has 2 aromatic heterocycles. The highest BCUT2D eigenvalue weighted by atomic mass is 19.4. The number of fused-ring (bicyclic) bond motifs is 1. The molecule has 0 unspecified atom stereocenters. The van der Waals surface area contributed by atoms with E-state index in [2.05, 4.69) is 10.1 Å². The summed E-state index contributed by atoms with van der Waals surface area (Å²) in [7, 11) is 0. The molecular weight excluding hydrogens is 435 g/mol. The molecule has 0 aliphatic heterocycles. The van der Waals surface area contributed by atoms with Crippen LogP contribution in [-0.2, 0) is 17.5 Å². The lowest BCUT2D eigenvalue weighted by Crippen LogP contribution is -2.47. The molecule has 0 saturated heterocycles. The van der Waals surface area contributed by atoms with Gasteiger partial charge in [0.15, 0.2) is 5.65 Å². The monoisotopic (exact) mass is 461 g/mol. The number of benzene rings is 1. The average Bonchev–Trinajstić information content (AvgIpc) is 3.21. The normalized spacial score (nSPS) is 15.3. The molecule has 176 valence electrons. The number of carbonyl (C=O) groups excluding carboxylic acids is 1. The second-order valence-corrected chi connectivity index (χ2v) is 8.71. The number of amides is 1. The lowest BCUT2D eigenvalue weighted by atomic mass is 9.93. The number of rotatable bonds is 5. The van der Waals surface area contributed by atoms with Crippen LogP contribution in [0.2, 0.25) is 0 Å². The Bertz CT molecular complexity index is 1210. The van der Waals surface area contributed by atoms with Crippen LogP contribution < -0.4 is 5.56 Å². The summed E-state index contributed by atoms with van der Waals surface area (Å²) in [6.45, 7) is 3.79. The maximum Gasteiger partial charge on any atom is 0.416 e. The standard InChI is InChI=1S/C23H26F3N5O2/c1-15(2)30(17-8-4-3-5-9-17)20(32)13-29-14-27-21-19(22(29)33)12-28-31(21)18-10-6-7-16(11-18)23(24,25)26/h6-7,10-12,14-15,17H,3-5,8-9,13H2,1-2H3. The van der Waals surface area contributed by atoms with E-state index in [1.54, 1.807) is 0 Å². The lowest BCUT2D eigenvalue weighted by molar-refractivity contribution is -0.138. The van der Waals surface area contributed by atoms with Gasteiger partial charge in [0.1, 0.15) is 18.3 Å². The minimum atomic E-state index is -4.50. The van der Waals surface area contributed by atoms with Gasteiger partial charge in [-0.05, 0) is 44.9 Å². The maximum absolute atomic E-state index is 13.1. The number of alkyl halides is 3. The quantitative estimate of drug-likeness (QED) is 0.572.